The molecule has 1 aromatic carbocycles. The smallest absolute Gasteiger partial charge is 0.463 e. The highest BCUT2D eigenvalue weighted by Crippen LogP contribution is 2.27. The molecule has 0 aliphatic heterocycles. The minimum atomic E-state index is -4.73. The number of methoxy groups -OCH3 is 1. The maximum Gasteiger partial charge on any atom is 0.573 e. The van der Waals surface area contributed by atoms with Gasteiger partial charge in [0.2, 0.25) is 5.76 Å². The molecule has 0 saturated carbocycles. The second kappa shape index (κ2) is 5.28. The molecule has 0 atom stereocenters. The van der Waals surface area contributed by atoms with E-state index in [-0.39, 0.29) is 11.5 Å². The summed E-state index contributed by atoms with van der Waals surface area (Å²) in [5.74, 6) is -0.614. The first-order chi connectivity index (χ1) is 9.39. The Morgan fingerprint density at radius 1 is 1.10 bits per heavy atom. The Labute approximate surface area is 111 Å². The lowest BCUT2D eigenvalue weighted by Crippen LogP contribution is -2.16. The number of carbonyl (C=O) groups excluding carboxylic acids is 1. The Bertz CT molecular complexity index is 599. The highest BCUT2D eigenvalue weighted by molar-refractivity contribution is 5.87. The Kier molecular flexibility index (Phi) is 3.69. The summed E-state index contributed by atoms with van der Waals surface area (Å²) in [7, 11) is 1.22. The Balaban J connectivity index is 2.18. The summed E-state index contributed by atoms with van der Waals surface area (Å²) in [5.41, 5.74) is 0.509. The molecule has 0 aliphatic carbocycles. The summed E-state index contributed by atoms with van der Waals surface area (Å²) in [4.78, 5) is 11.2. The topological polar surface area (TPSA) is 48.7 Å². The van der Waals surface area contributed by atoms with Gasteiger partial charge in [0.05, 0.1) is 7.11 Å². The predicted molar refractivity (Wildman–Crippen MR) is 62.2 cm³/mol. The number of benzene rings is 1. The van der Waals surface area contributed by atoms with Crippen LogP contribution in [-0.4, -0.2) is 19.4 Å². The number of furan rings is 1. The third kappa shape index (κ3) is 3.31. The molecule has 0 saturated heterocycles. The molecule has 0 bridgehead atoms. The summed E-state index contributed by atoms with van der Waals surface area (Å²) in [6.45, 7) is 0. The lowest BCUT2D eigenvalue weighted by molar-refractivity contribution is -0.274. The van der Waals surface area contributed by atoms with Gasteiger partial charge in [-0.3, -0.25) is 0 Å². The minimum absolute atomic E-state index is 0.0121. The van der Waals surface area contributed by atoms with Crippen molar-refractivity contribution >= 4 is 5.97 Å². The van der Waals surface area contributed by atoms with Crippen molar-refractivity contribution in [3.63, 3.8) is 0 Å². The maximum atomic E-state index is 12.0. The van der Waals surface area contributed by atoms with E-state index in [0.29, 0.717) is 11.3 Å². The quantitative estimate of drug-likeness (QED) is 0.808. The number of esters is 1. The van der Waals surface area contributed by atoms with Gasteiger partial charge in [0.1, 0.15) is 11.5 Å². The van der Waals surface area contributed by atoms with E-state index < -0.39 is 12.3 Å². The second-order valence-corrected chi connectivity index (χ2v) is 3.73. The van der Waals surface area contributed by atoms with Crippen molar-refractivity contribution in [2.45, 2.75) is 6.36 Å². The fraction of sp³-hybridized carbons (Fsp3) is 0.154. The molecule has 1 heterocycles. The van der Waals surface area contributed by atoms with Gasteiger partial charge in [-0.2, -0.15) is 0 Å². The zero-order valence-corrected chi connectivity index (χ0v) is 10.2. The first-order valence-corrected chi connectivity index (χ1v) is 5.43. The van der Waals surface area contributed by atoms with Crippen molar-refractivity contribution in [1.82, 2.24) is 0 Å². The lowest BCUT2D eigenvalue weighted by Gasteiger charge is -2.08. The van der Waals surface area contributed by atoms with Crippen LogP contribution in [0.25, 0.3) is 11.3 Å². The average molecular weight is 286 g/mol. The predicted octanol–water partition coefficient (Wildman–Crippen LogP) is 3.63. The van der Waals surface area contributed by atoms with Crippen LogP contribution in [-0.2, 0) is 4.74 Å². The largest absolute Gasteiger partial charge is 0.573 e. The second-order valence-electron chi connectivity index (χ2n) is 3.73. The number of hydrogen-bond donors (Lipinski definition) is 0. The van der Waals surface area contributed by atoms with Gasteiger partial charge in [0.25, 0.3) is 0 Å². The molecule has 4 nitrogen and oxygen atoms in total. The summed E-state index contributed by atoms with van der Waals surface area (Å²) < 4.78 is 49.5. The number of hydrogen-bond acceptors (Lipinski definition) is 4. The van der Waals surface area contributed by atoms with Crippen LogP contribution in [0.1, 0.15) is 10.6 Å². The van der Waals surface area contributed by atoms with E-state index in [1.807, 2.05) is 0 Å². The van der Waals surface area contributed by atoms with Crippen LogP contribution in [0.2, 0.25) is 0 Å². The zero-order chi connectivity index (χ0) is 14.8. The molecular formula is C13H9F3O4. The van der Waals surface area contributed by atoms with Crippen LogP contribution in [0.4, 0.5) is 13.2 Å². The van der Waals surface area contributed by atoms with Gasteiger partial charge in [-0.05, 0) is 36.4 Å². The summed E-state index contributed by atoms with van der Waals surface area (Å²) >= 11 is 0. The molecule has 0 radical (unpaired) electrons. The molecule has 0 N–H and O–H groups in total. The monoisotopic (exact) mass is 286 g/mol. The molecule has 2 aromatic rings. The van der Waals surface area contributed by atoms with E-state index in [1.165, 1.54) is 31.4 Å². The zero-order valence-electron chi connectivity index (χ0n) is 10.2. The molecule has 20 heavy (non-hydrogen) atoms. The SMILES string of the molecule is COC(=O)c1ccc(-c2ccc(OC(F)(F)F)cc2)o1. The number of carbonyl (C=O) groups is 1. The molecule has 0 amide bonds. The molecular weight excluding hydrogens is 277 g/mol. The Hall–Kier alpha value is -2.44. The van der Waals surface area contributed by atoms with Crippen LogP contribution >= 0.6 is 0 Å². The van der Waals surface area contributed by atoms with Crippen LogP contribution in [0.5, 0.6) is 5.75 Å². The first-order valence-electron chi connectivity index (χ1n) is 5.43. The van der Waals surface area contributed by atoms with Crippen molar-refractivity contribution in [2.24, 2.45) is 0 Å². The van der Waals surface area contributed by atoms with Crippen molar-refractivity contribution in [1.29, 1.82) is 0 Å². The van der Waals surface area contributed by atoms with Crippen LogP contribution in [0, 0.1) is 0 Å². The maximum absolute atomic E-state index is 12.0. The Morgan fingerprint density at radius 2 is 1.75 bits per heavy atom. The van der Waals surface area contributed by atoms with Gasteiger partial charge in [-0.1, -0.05) is 0 Å². The normalized spacial score (nSPS) is 11.2. The fourth-order valence-electron chi connectivity index (χ4n) is 1.52. The molecule has 0 unspecified atom stereocenters. The van der Waals surface area contributed by atoms with E-state index in [9.17, 15) is 18.0 Å². The standard InChI is InChI=1S/C13H9F3O4/c1-18-12(17)11-7-6-10(19-11)8-2-4-9(5-3-8)20-13(14,15)16/h2-7H,1H3. The van der Waals surface area contributed by atoms with Gasteiger partial charge >= 0.3 is 12.3 Å². The molecule has 7 heteroatoms. The summed E-state index contributed by atoms with van der Waals surface area (Å²) in [6.07, 6.45) is -4.73. The van der Waals surface area contributed by atoms with Crippen molar-refractivity contribution in [2.75, 3.05) is 7.11 Å². The average Bonchev–Trinajstić information content (AvgIpc) is 2.86. The molecule has 0 fully saturated rings. The molecule has 0 spiro atoms. The van der Waals surface area contributed by atoms with Gasteiger partial charge in [0, 0.05) is 5.56 Å². The van der Waals surface area contributed by atoms with E-state index in [1.54, 1.807) is 0 Å². The summed E-state index contributed by atoms with van der Waals surface area (Å²) in [6, 6.07) is 8.03. The van der Waals surface area contributed by atoms with Gasteiger partial charge in [-0.15, -0.1) is 13.2 Å². The van der Waals surface area contributed by atoms with Crippen LogP contribution < -0.4 is 4.74 Å². The van der Waals surface area contributed by atoms with E-state index >= 15 is 0 Å². The number of ether oxygens (including phenoxy) is 2. The number of rotatable bonds is 3. The molecule has 106 valence electrons. The number of halogens is 3. The number of alkyl halides is 3. The molecule has 0 aliphatic rings. The minimum Gasteiger partial charge on any atom is -0.463 e. The highest BCUT2D eigenvalue weighted by atomic mass is 19.4. The third-order valence-electron chi connectivity index (χ3n) is 2.36. The van der Waals surface area contributed by atoms with Crippen molar-refractivity contribution in [3.8, 4) is 17.1 Å². The van der Waals surface area contributed by atoms with Gasteiger partial charge in [0.15, 0.2) is 0 Å². The van der Waals surface area contributed by atoms with Gasteiger partial charge < -0.3 is 13.9 Å². The fourth-order valence-corrected chi connectivity index (χ4v) is 1.52. The highest BCUT2D eigenvalue weighted by Gasteiger charge is 2.31. The van der Waals surface area contributed by atoms with Crippen molar-refractivity contribution in [3.05, 3.63) is 42.2 Å². The molecule has 1 aromatic heterocycles. The Morgan fingerprint density at radius 3 is 2.30 bits per heavy atom. The van der Waals surface area contributed by atoms with E-state index in [4.69, 9.17) is 4.42 Å². The lowest BCUT2D eigenvalue weighted by atomic mass is 10.2. The van der Waals surface area contributed by atoms with Crippen molar-refractivity contribution < 1.29 is 31.9 Å². The molecule has 2 rings (SSSR count). The first kappa shape index (κ1) is 14.0. The third-order valence-corrected chi connectivity index (χ3v) is 2.36. The van der Waals surface area contributed by atoms with E-state index in [2.05, 4.69) is 9.47 Å². The van der Waals surface area contributed by atoms with Crippen LogP contribution in [0.3, 0.4) is 0 Å². The van der Waals surface area contributed by atoms with Crippen LogP contribution in [0.15, 0.2) is 40.8 Å². The summed E-state index contributed by atoms with van der Waals surface area (Å²) in [5, 5.41) is 0. The van der Waals surface area contributed by atoms with Gasteiger partial charge in [-0.25, -0.2) is 4.79 Å². The van der Waals surface area contributed by atoms with E-state index in [0.717, 1.165) is 12.1 Å².